The monoisotopic (exact) mass is 434 g/mol. The lowest BCUT2D eigenvalue weighted by molar-refractivity contribution is 0.0748. The number of hydrogen-bond donors (Lipinski definition) is 1. The van der Waals surface area contributed by atoms with Crippen LogP contribution in [0.4, 0.5) is 5.82 Å². The second kappa shape index (κ2) is 10.9. The fourth-order valence-corrected chi connectivity index (χ4v) is 4.04. The molecular weight excluding hydrogens is 404 g/mol. The Kier molecular flexibility index (Phi) is 7.53. The molecule has 2 aromatic carbocycles. The van der Waals surface area contributed by atoms with Crippen LogP contribution in [0.25, 0.3) is 0 Å². The average molecular weight is 435 g/mol. The summed E-state index contributed by atoms with van der Waals surface area (Å²) in [7, 11) is 2.03. The zero-order valence-corrected chi connectivity index (χ0v) is 18.4. The molecule has 0 aliphatic carbocycles. The molecule has 2 heterocycles. The van der Waals surface area contributed by atoms with E-state index in [0.29, 0.717) is 18.3 Å². The van der Waals surface area contributed by atoms with Crippen LogP contribution in [0.5, 0.6) is 17.2 Å². The molecule has 1 aliphatic rings. The lowest BCUT2D eigenvalue weighted by Gasteiger charge is -2.30. The fraction of sp³-hybridized carbons (Fsp3) is 0.360. The largest absolute Gasteiger partial charge is 0.491 e. The van der Waals surface area contributed by atoms with Crippen molar-refractivity contribution in [2.45, 2.75) is 25.0 Å². The molecule has 168 valence electrons. The minimum absolute atomic E-state index is 0.238. The van der Waals surface area contributed by atoms with E-state index < -0.39 is 6.10 Å². The van der Waals surface area contributed by atoms with Gasteiger partial charge in [-0.2, -0.15) is 5.10 Å². The number of ether oxygens (including phenoxy) is 2. The topological polar surface area (TPSA) is 71.0 Å². The molecule has 3 aromatic rings. The van der Waals surface area contributed by atoms with Crippen LogP contribution in [0.15, 0.2) is 72.9 Å². The highest BCUT2D eigenvalue weighted by atomic mass is 16.5. The molecular formula is C25H30N4O3. The first-order chi connectivity index (χ1) is 15.7. The fourth-order valence-electron chi connectivity index (χ4n) is 4.04. The van der Waals surface area contributed by atoms with Crippen molar-refractivity contribution in [3.05, 3.63) is 72.9 Å². The van der Waals surface area contributed by atoms with Gasteiger partial charge in [-0.1, -0.05) is 18.2 Å². The summed E-state index contributed by atoms with van der Waals surface area (Å²) >= 11 is 0. The van der Waals surface area contributed by atoms with Gasteiger partial charge in [-0.05, 0) is 68.4 Å². The van der Waals surface area contributed by atoms with Gasteiger partial charge in [-0.25, -0.2) is 0 Å². The number of likely N-dealkylation sites (N-methyl/N-ethyl adjacent to an activating group) is 1. The molecule has 1 aromatic heterocycles. The van der Waals surface area contributed by atoms with Gasteiger partial charge in [0.1, 0.15) is 30.0 Å². The number of aliphatic hydroxyl groups is 1. The highest BCUT2D eigenvalue weighted by Crippen LogP contribution is 2.25. The quantitative estimate of drug-likeness (QED) is 0.523. The molecule has 7 heteroatoms. The predicted octanol–water partition coefficient (Wildman–Crippen LogP) is 3.61. The molecule has 0 bridgehead atoms. The van der Waals surface area contributed by atoms with Gasteiger partial charge in [0.2, 0.25) is 0 Å². The Morgan fingerprint density at radius 2 is 1.78 bits per heavy atom. The summed E-state index contributed by atoms with van der Waals surface area (Å²) < 4.78 is 11.6. The predicted molar refractivity (Wildman–Crippen MR) is 124 cm³/mol. The second-order valence-electron chi connectivity index (χ2n) is 8.14. The minimum Gasteiger partial charge on any atom is -0.491 e. The van der Waals surface area contributed by atoms with Crippen LogP contribution in [-0.2, 0) is 0 Å². The summed E-state index contributed by atoms with van der Waals surface area (Å²) in [6.07, 6.45) is 3.38. The molecule has 4 rings (SSSR count). The van der Waals surface area contributed by atoms with Crippen LogP contribution in [0, 0.1) is 0 Å². The Morgan fingerprint density at radius 1 is 1.03 bits per heavy atom. The van der Waals surface area contributed by atoms with Crippen LogP contribution >= 0.6 is 0 Å². The SMILES string of the molecule is CN(CC(O)COc1ccc(Oc2ccccc2)cc1)CC1CCCN1c1cccnn1. The van der Waals surface area contributed by atoms with E-state index in [1.54, 1.807) is 6.20 Å². The molecule has 1 fully saturated rings. The molecule has 2 unspecified atom stereocenters. The van der Waals surface area contributed by atoms with Crippen molar-refractivity contribution in [3.8, 4) is 17.2 Å². The van der Waals surface area contributed by atoms with Gasteiger partial charge in [0, 0.05) is 31.9 Å². The third-order valence-electron chi connectivity index (χ3n) is 5.52. The molecule has 7 nitrogen and oxygen atoms in total. The molecule has 1 aliphatic heterocycles. The van der Waals surface area contributed by atoms with Crippen molar-refractivity contribution in [2.75, 3.05) is 38.2 Å². The van der Waals surface area contributed by atoms with Gasteiger partial charge in [-0.3, -0.25) is 0 Å². The highest BCUT2D eigenvalue weighted by Gasteiger charge is 2.27. The van der Waals surface area contributed by atoms with Gasteiger partial charge < -0.3 is 24.4 Å². The maximum atomic E-state index is 10.5. The van der Waals surface area contributed by atoms with Crippen molar-refractivity contribution >= 4 is 5.82 Å². The molecule has 0 radical (unpaired) electrons. The van der Waals surface area contributed by atoms with Crippen molar-refractivity contribution < 1.29 is 14.6 Å². The Hall–Kier alpha value is -3.16. The van der Waals surface area contributed by atoms with Crippen molar-refractivity contribution in [3.63, 3.8) is 0 Å². The summed E-state index contributed by atoms with van der Waals surface area (Å²) in [6, 6.07) is 21.4. The third kappa shape index (κ3) is 6.18. The lowest BCUT2D eigenvalue weighted by Crippen LogP contribution is -2.42. The van der Waals surface area contributed by atoms with Crippen LogP contribution in [0.3, 0.4) is 0 Å². The van der Waals surface area contributed by atoms with E-state index in [1.807, 2.05) is 73.8 Å². The summed E-state index contributed by atoms with van der Waals surface area (Å²) in [6.45, 7) is 2.63. The van der Waals surface area contributed by atoms with E-state index in [0.717, 1.165) is 43.2 Å². The number of aromatic nitrogens is 2. The number of rotatable bonds is 10. The second-order valence-corrected chi connectivity index (χ2v) is 8.14. The zero-order chi connectivity index (χ0) is 22.2. The molecule has 2 atom stereocenters. The molecule has 0 spiro atoms. The number of anilines is 1. The van der Waals surface area contributed by atoms with Crippen LogP contribution in [0.1, 0.15) is 12.8 Å². The van der Waals surface area contributed by atoms with E-state index in [-0.39, 0.29) is 6.61 Å². The van der Waals surface area contributed by atoms with E-state index in [2.05, 4.69) is 20.0 Å². The number of aliphatic hydroxyl groups excluding tert-OH is 1. The normalized spacial score (nSPS) is 16.8. The first-order valence-corrected chi connectivity index (χ1v) is 11.0. The maximum absolute atomic E-state index is 10.5. The van der Waals surface area contributed by atoms with Crippen molar-refractivity contribution in [1.82, 2.24) is 15.1 Å². The Balaban J connectivity index is 1.21. The van der Waals surface area contributed by atoms with Crippen LogP contribution < -0.4 is 14.4 Å². The first-order valence-electron chi connectivity index (χ1n) is 11.0. The van der Waals surface area contributed by atoms with Gasteiger partial charge in [-0.15, -0.1) is 5.10 Å². The Bertz CT molecular complexity index is 940. The summed E-state index contributed by atoms with van der Waals surface area (Å²) in [5, 5.41) is 18.7. The van der Waals surface area contributed by atoms with E-state index in [9.17, 15) is 5.11 Å². The standard InChI is InChI=1S/C25H30N4O3/c1-28(17-20-7-6-16-29(20)25-10-5-15-26-27-25)18-21(30)19-31-22-11-13-24(14-12-22)32-23-8-3-2-4-9-23/h2-5,8-15,20-21,30H,6-7,16-19H2,1H3. The molecule has 32 heavy (non-hydrogen) atoms. The van der Waals surface area contributed by atoms with Gasteiger partial charge in [0.15, 0.2) is 5.82 Å². The van der Waals surface area contributed by atoms with Gasteiger partial charge in [0.05, 0.1) is 0 Å². The highest BCUT2D eigenvalue weighted by molar-refractivity contribution is 5.39. The molecule has 1 N–H and O–H groups in total. The van der Waals surface area contributed by atoms with Crippen LogP contribution in [-0.4, -0.2) is 65.6 Å². The summed E-state index contributed by atoms with van der Waals surface area (Å²) in [5.41, 5.74) is 0. The zero-order valence-electron chi connectivity index (χ0n) is 18.4. The Morgan fingerprint density at radius 3 is 2.53 bits per heavy atom. The summed E-state index contributed by atoms with van der Waals surface area (Å²) in [4.78, 5) is 4.47. The third-order valence-corrected chi connectivity index (χ3v) is 5.52. The number of nitrogens with zero attached hydrogens (tertiary/aromatic N) is 4. The average Bonchev–Trinajstić information content (AvgIpc) is 3.28. The van der Waals surface area contributed by atoms with Gasteiger partial charge >= 0.3 is 0 Å². The van der Waals surface area contributed by atoms with E-state index in [1.165, 1.54) is 0 Å². The maximum Gasteiger partial charge on any atom is 0.151 e. The number of para-hydroxylation sites is 1. The molecule has 1 saturated heterocycles. The van der Waals surface area contributed by atoms with E-state index in [4.69, 9.17) is 9.47 Å². The number of benzene rings is 2. The van der Waals surface area contributed by atoms with Crippen molar-refractivity contribution in [2.24, 2.45) is 0 Å². The first kappa shape index (κ1) is 22.0. The van der Waals surface area contributed by atoms with Gasteiger partial charge in [0.25, 0.3) is 0 Å². The number of hydrogen-bond acceptors (Lipinski definition) is 7. The summed E-state index contributed by atoms with van der Waals surface area (Å²) in [5.74, 6) is 3.16. The van der Waals surface area contributed by atoms with E-state index >= 15 is 0 Å². The van der Waals surface area contributed by atoms with Crippen molar-refractivity contribution in [1.29, 1.82) is 0 Å². The lowest BCUT2D eigenvalue weighted by atomic mass is 10.2. The molecule has 0 saturated carbocycles. The minimum atomic E-state index is -0.577. The Labute approximate surface area is 189 Å². The van der Waals surface area contributed by atoms with Crippen LogP contribution in [0.2, 0.25) is 0 Å². The smallest absolute Gasteiger partial charge is 0.151 e. The molecule has 0 amide bonds.